The van der Waals surface area contributed by atoms with Crippen LogP contribution in [0.25, 0.3) is 27.6 Å². The molecule has 5 N–H and O–H groups in total. The summed E-state index contributed by atoms with van der Waals surface area (Å²) in [6.07, 6.45) is 8.25. The van der Waals surface area contributed by atoms with Crippen molar-refractivity contribution in [2.75, 3.05) is 76.2 Å². The van der Waals surface area contributed by atoms with Crippen LogP contribution in [0.3, 0.4) is 0 Å². The van der Waals surface area contributed by atoms with Crippen LogP contribution in [0, 0.1) is 0 Å². The first kappa shape index (κ1) is 30.9. The first-order valence-corrected chi connectivity index (χ1v) is 17.4. The molecule has 4 aromatic heterocycles. The van der Waals surface area contributed by atoms with E-state index in [-0.39, 0.29) is 5.95 Å². The Kier molecular flexibility index (Phi) is 8.57. The van der Waals surface area contributed by atoms with Crippen LogP contribution in [0.1, 0.15) is 5.56 Å². The Hall–Kier alpha value is -5.07. The standard InChI is InChI=1S/C31H37N12O2P/c1-33-18-19(17-32)21-16-24(30(45-3)41-29(21)43-14-12-42(2)13-15-43)38-31-39-27-20(8-9-36-27)28(40-31)37-23-7-6-22-25(35-11-10-34-22)26(23)46(4,5)44/h6-11,16-18H,12-15,32H2,1-5H3,(H3,36,37,38,39,40). The minimum atomic E-state index is -2.79. The number of aliphatic imine (C=N–C) groups is 1. The maximum absolute atomic E-state index is 13.5. The molecule has 0 unspecified atom stereocenters. The third kappa shape index (κ3) is 6.09. The monoisotopic (exact) mass is 640 g/mol. The summed E-state index contributed by atoms with van der Waals surface area (Å²) >= 11 is 0. The van der Waals surface area contributed by atoms with Gasteiger partial charge in [0.05, 0.1) is 29.0 Å². The number of rotatable bonds is 9. The molecule has 0 radical (unpaired) electrons. The van der Waals surface area contributed by atoms with Gasteiger partial charge in [0, 0.05) is 75.4 Å². The summed E-state index contributed by atoms with van der Waals surface area (Å²) in [4.78, 5) is 35.3. The Morgan fingerprint density at radius 3 is 2.57 bits per heavy atom. The van der Waals surface area contributed by atoms with Crippen LogP contribution in [0.15, 0.2) is 54.0 Å². The molecule has 5 heterocycles. The number of nitrogens with one attached hydrogen (secondary N) is 3. The molecule has 0 saturated carbocycles. The number of nitrogens with zero attached hydrogens (tertiary/aromatic N) is 8. The van der Waals surface area contributed by atoms with Crippen molar-refractivity contribution in [1.82, 2.24) is 34.8 Å². The number of anilines is 5. The Labute approximate surface area is 266 Å². The highest BCUT2D eigenvalue weighted by Crippen LogP contribution is 2.41. The van der Waals surface area contributed by atoms with E-state index in [1.165, 1.54) is 6.20 Å². The number of fused-ring (bicyclic) bond motifs is 2. The third-order valence-electron chi connectivity index (χ3n) is 7.79. The van der Waals surface area contributed by atoms with Crippen molar-refractivity contribution in [3.63, 3.8) is 0 Å². The highest BCUT2D eigenvalue weighted by molar-refractivity contribution is 7.71. The van der Waals surface area contributed by atoms with E-state index in [1.807, 2.05) is 24.3 Å². The molecule has 6 rings (SSSR count). The average molecular weight is 641 g/mol. The summed E-state index contributed by atoms with van der Waals surface area (Å²) in [5.41, 5.74) is 10.6. The number of hydrogen-bond donors (Lipinski definition) is 4. The fraction of sp³-hybridized carbons (Fsp3) is 0.290. The average Bonchev–Trinajstić information content (AvgIpc) is 3.52. The zero-order valence-corrected chi connectivity index (χ0v) is 27.3. The van der Waals surface area contributed by atoms with E-state index < -0.39 is 7.14 Å². The summed E-state index contributed by atoms with van der Waals surface area (Å²) in [6.45, 7) is 6.86. The van der Waals surface area contributed by atoms with Gasteiger partial charge in [0.1, 0.15) is 35.6 Å². The number of hydrogen-bond acceptors (Lipinski definition) is 13. The molecule has 1 aromatic carbocycles. The van der Waals surface area contributed by atoms with Crippen LogP contribution in [0.4, 0.5) is 29.0 Å². The molecule has 238 valence electrons. The van der Waals surface area contributed by atoms with Gasteiger partial charge in [0.15, 0.2) is 0 Å². The van der Waals surface area contributed by atoms with E-state index in [0.29, 0.717) is 50.6 Å². The highest BCUT2D eigenvalue weighted by Gasteiger charge is 2.25. The second-order valence-electron chi connectivity index (χ2n) is 11.3. The Morgan fingerprint density at radius 1 is 1.07 bits per heavy atom. The van der Waals surface area contributed by atoms with E-state index in [2.05, 4.69) is 47.4 Å². The van der Waals surface area contributed by atoms with Gasteiger partial charge in [-0.05, 0) is 44.6 Å². The number of aromatic nitrogens is 6. The maximum Gasteiger partial charge on any atom is 0.239 e. The lowest BCUT2D eigenvalue weighted by Crippen LogP contribution is -2.45. The quantitative estimate of drug-likeness (QED) is 0.136. The SMILES string of the molecule is CN=CC(=CN)c1cc(Nc2nc(Nc3ccc4nccnc4c3P(C)(C)=O)c3cc[nH]c3n2)c(OC)nc1N1CCN(C)CC1. The normalized spacial score (nSPS) is 14.8. The van der Waals surface area contributed by atoms with Gasteiger partial charge in [-0.2, -0.15) is 15.0 Å². The Bertz CT molecular complexity index is 2010. The minimum Gasteiger partial charge on any atom is -0.479 e. The molecule has 14 nitrogen and oxygen atoms in total. The van der Waals surface area contributed by atoms with Crippen molar-refractivity contribution in [1.29, 1.82) is 0 Å². The molecule has 0 aliphatic carbocycles. The van der Waals surface area contributed by atoms with Crippen LogP contribution < -0.4 is 31.3 Å². The lowest BCUT2D eigenvalue weighted by atomic mass is 10.1. The lowest BCUT2D eigenvalue weighted by Gasteiger charge is -2.34. The molecule has 1 fully saturated rings. The van der Waals surface area contributed by atoms with Gasteiger partial charge in [-0.3, -0.25) is 15.0 Å². The number of nitrogens with two attached hydrogens (primary N) is 1. The second-order valence-corrected chi connectivity index (χ2v) is 14.5. The maximum atomic E-state index is 13.5. The van der Waals surface area contributed by atoms with Crippen molar-refractivity contribution < 1.29 is 9.30 Å². The topological polar surface area (TPSA) is 175 Å². The molecule has 1 aliphatic heterocycles. The van der Waals surface area contributed by atoms with E-state index >= 15 is 0 Å². The first-order valence-electron chi connectivity index (χ1n) is 14.8. The molecule has 5 aromatic rings. The molecular formula is C31H37N12O2P. The molecule has 1 aliphatic rings. The van der Waals surface area contributed by atoms with Crippen molar-refractivity contribution in [2.24, 2.45) is 10.7 Å². The number of piperazine rings is 1. The minimum absolute atomic E-state index is 0.289. The van der Waals surface area contributed by atoms with E-state index in [0.717, 1.165) is 42.9 Å². The number of benzene rings is 1. The summed E-state index contributed by atoms with van der Waals surface area (Å²) in [7, 11) is 2.59. The van der Waals surface area contributed by atoms with Gasteiger partial charge in [-0.25, -0.2) is 0 Å². The zero-order valence-electron chi connectivity index (χ0n) is 26.4. The molecular weight excluding hydrogens is 603 g/mol. The number of likely N-dealkylation sites (N-methyl/N-ethyl adjacent to an activating group) is 1. The molecule has 0 bridgehead atoms. The molecule has 15 heteroatoms. The lowest BCUT2D eigenvalue weighted by molar-refractivity contribution is 0.311. The predicted molar refractivity (Wildman–Crippen MR) is 186 cm³/mol. The highest BCUT2D eigenvalue weighted by atomic mass is 31.2. The van der Waals surface area contributed by atoms with Crippen LogP contribution in [0.2, 0.25) is 0 Å². The summed E-state index contributed by atoms with van der Waals surface area (Å²) in [6, 6.07) is 7.51. The first-order chi connectivity index (χ1) is 22.2. The fourth-order valence-corrected chi connectivity index (χ4v) is 6.95. The number of methoxy groups -OCH3 is 1. The van der Waals surface area contributed by atoms with Crippen LogP contribution in [-0.4, -0.2) is 102 Å². The van der Waals surface area contributed by atoms with E-state index in [1.54, 1.807) is 52.3 Å². The Balaban J connectivity index is 1.43. The van der Waals surface area contributed by atoms with Gasteiger partial charge >= 0.3 is 0 Å². The van der Waals surface area contributed by atoms with E-state index in [4.69, 9.17) is 25.4 Å². The van der Waals surface area contributed by atoms with Gasteiger partial charge in [0.25, 0.3) is 0 Å². The van der Waals surface area contributed by atoms with Crippen LogP contribution in [-0.2, 0) is 4.57 Å². The third-order valence-corrected chi connectivity index (χ3v) is 9.32. The van der Waals surface area contributed by atoms with Crippen LogP contribution in [0.5, 0.6) is 5.88 Å². The smallest absolute Gasteiger partial charge is 0.239 e. The molecule has 1 saturated heterocycles. The second kappa shape index (κ2) is 12.7. The van der Waals surface area contributed by atoms with Crippen molar-refractivity contribution in [3.05, 3.63) is 54.6 Å². The fourth-order valence-electron chi connectivity index (χ4n) is 5.55. The number of aromatic amines is 1. The van der Waals surface area contributed by atoms with Gasteiger partial charge in [0.2, 0.25) is 11.8 Å². The van der Waals surface area contributed by atoms with Crippen LogP contribution >= 0.6 is 7.14 Å². The number of pyridine rings is 1. The van der Waals surface area contributed by atoms with Gasteiger partial charge < -0.3 is 40.5 Å². The number of ether oxygens (including phenoxy) is 1. The molecule has 46 heavy (non-hydrogen) atoms. The molecule has 0 spiro atoms. The summed E-state index contributed by atoms with van der Waals surface area (Å²) < 4.78 is 19.3. The zero-order chi connectivity index (χ0) is 32.4. The number of allylic oxidation sites excluding steroid dienone is 1. The van der Waals surface area contributed by atoms with E-state index in [9.17, 15) is 4.57 Å². The van der Waals surface area contributed by atoms with Crippen molar-refractivity contribution >= 4 is 75.3 Å². The Morgan fingerprint density at radius 2 is 1.85 bits per heavy atom. The van der Waals surface area contributed by atoms with Gasteiger partial charge in [-0.1, -0.05) is 0 Å². The summed E-state index contributed by atoms with van der Waals surface area (Å²) in [5.74, 6) is 1.93. The van der Waals surface area contributed by atoms with Crippen molar-refractivity contribution in [3.8, 4) is 5.88 Å². The summed E-state index contributed by atoms with van der Waals surface area (Å²) in [5, 5.41) is 8.09. The molecule has 0 atom stereocenters. The molecule has 0 amide bonds. The van der Waals surface area contributed by atoms with Gasteiger partial charge in [-0.15, -0.1) is 0 Å². The van der Waals surface area contributed by atoms with Crippen molar-refractivity contribution in [2.45, 2.75) is 0 Å². The number of H-pyrrole nitrogens is 1. The predicted octanol–water partition coefficient (Wildman–Crippen LogP) is 3.79. The largest absolute Gasteiger partial charge is 0.479 e.